The van der Waals surface area contributed by atoms with Gasteiger partial charge in [-0.1, -0.05) is 73.7 Å². The van der Waals surface area contributed by atoms with E-state index in [0.29, 0.717) is 5.13 Å². The number of hydrogen-bond acceptors (Lipinski definition) is 5. The number of thioether (sulfide) groups is 1. The number of rotatable bonds is 4. The molecule has 2 aromatic rings. The molecule has 0 aliphatic carbocycles. The highest BCUT2D eigenvalue weighted by Gasteiger charge is 2.22. The van der Waals surface area contributed by atoms with Crippen molar-refractivity contribution in [1.82, 2.24) is 10.2 Å². The predicted octanol–water partition coefficient (Wildman–Crippen LogP) is 4.12. The molecule has 0 unspecified atom stereocenters. The number of carbonyl (C=O) groups is 1. The minimum atomic E-state index is -0.430. The highest BCUT2D eigenvalue weighted by molar-refractivity contribution is 8.00. The van der Waals surface area contributed by atoms with Gasteiger partial charge in [0.1, 0.15) is 0 Å². The molecule has 0 saturated heterocycles. The van der Waals surface area contributed by atoms with Gasteiger partial charge in [-0.25, -0.2) is 0 Å². The zero-order chi connectivity index (χ0) is 15.5. The van der Waals surface area contributed by atoms with Gasteiger partial charge in [-0.3, -0.25) is 4.79 Å². The Labute approximate surface area is 133 Å². The Kier molecular flexibility index (Phi) is 5.00. The van der Waals surface area contributed by atoms with Crippen LogP contribution in [0.4, 0.5) is 5.13 Å². The van der Waals surface area contributed by atoms with Crippen LogP contribution in [0.15, 0.2) is 28.6 Å². The van der Waals surface area contributed by atoms with Gasteiger partial charge in [0, 0.05) is 11.2 Å². The van der Waals surface area contributed by atoms with Crippen LogP contribution in [0.1, 0.15) is 31.9 Å². The minimum Gasteiger partial charge on any atom is -0.300 e. The largest absolute Gasteiger partial charge is 0.300 e. The van der Waals surface area contributed by atoms with Gasteiger partial charge in [0.15, 0.2) is 4.34 Å². The maximum atomic E-state index is 11.9. The van der Waals surface area contributed by atoms with Crippen molar-refractivity contribution >= 4 is 34.1 Å². The summed E-state index contributed by atoms with van der Waals surface area (Å²) in [5, 5.41) is 11.5. The van der Waals surface area contributed by atoms with Crippen molar-refractivity contribution in [2.45, 2.75) is 37.8 Å². The number of carbonyl (C=O) groups excluding carboxylic acids is 1. The van der Waals surface area contributed by atoms with Crippen molar-refractivity contribution in [3.8, 4) is 0 Å². The molecule has 0 aliphatic rings. The average Bonchev–Trinajstić information content (AvgIpc) is 2.83. The zero-order valence-electron chi connectivity index (χ0n) is 12.6. The lowest BCUT2D eigenvalue weighted by atomic mass is 9.96. The fraction of sp³-hybridized carbons (Fsp3) is 0.400. The van der Waals surface area contributed by atoms with E-state index >= 15 is 0 Å². The molecule has 0 radical (unpaired) electrons. The summed E-state index contributed by atoms with van der Waals surface area (Å²) in [7, 11) is 0. The molecular weight excluding hydrogens is 302 g/mol. The van der Waals surface area contributed by atoms with Crippen molar-refractivity contribution < 1.29 is 4.79 Å². The molecule has 21 heavy (non-hydrogen) atoms. The van der Waals surface area contributed by atoms with Gasteiger partial charge < -0.3 is 5.32 Å². The van der Waals surface area contributed by atoms with Crippen LogP contribution in [-0.4, -0.2) is 16.1 Å². The van der Waals surface area contributed by atoms with Crippen LogP contribution in [0, 0.1) is 12.3 Å². The van der Waals surface area contributed by atoms with E-state index in [0.717, 1.165) is 10.1 Å². The molecule has 4 nitrogen and oxygen atoms in total. The molecule has 1 aromatic carbocycles. The smallest absolute Gasteiger partial charge is 0.231 e. The fourth-order valence-corrected chi connectivity index (χ4v) is 3.24. The van der Waals surface area contributed by atoms with Gasteiger partial charge in [0.2, 0.25) is 11.0 Å². The number of hydrogen-bond donors (Lipinski definition) is 1. The third-order valence-electron chi connectivity index (χ3n) is 2.75. The van der Waals surface area contributed by atoms with Crippen molar-refractivity contribution in [2.75, 3.05) is 5.32 Å². The molecular formula is C15H19N3OS2. The van der Waals surface area contributed by atoms with E-state index in [2.05, 4.69) is 46.7 Å². The lowest BCUT2D eigenvalue weighted by Gasteiger charge is -2.15. The normalized spacial score (nSPS) is 11.4. The molecule has 0 saturated carbocycles. The second kappa shape index (κ2) is 6.58. The first-order valence-corrected chi connectivity index (χ1v) is 8.48. The van der Waals surface area contributed by atoms with E-state index in [-0.39, 0.29) is 5.91 Å². The Morgan fingerprint density at radius 3 is 2.76 bits per heavy atom. The van der Waals surface area contributed by atoms with E-state index in [1.165, 1.54) is 22.5 Å². The number of anilines is 1. The monoisotopic (exact) mass is 321 g/mol. The summed E-state index contributed by atoms with van der Waals surface area (Å²) in [6.07, 6.45) is 0. The van der Waals surface area contributed by atoms with E-state index in [1.807, 2.05) is 20.8 Å². The molecule has 2 rings (SSSR count). The zero-order valence-corrected chi connectivity index (χ0v) is 14.3. The summed E-state index contributed by atoms with van der Waals surface area (Å²) in [5.74, 6) is 0.803. The Bertz CT molecular complexity index is 632. The van der Waals surface area contributed by atoms with Crippen LogP contribution in [-0.2, 0) is 10.5 Å². The summed E-state index contributed by atoms with van der Waals surface area (Å²) in [6.45, 7) is 7.70. The van der Waals surface area contributed by atoms with Crippen LogP contribution >= 0.6 is 23.1 Å². The molecule has 0 bridgehead atoms. The van der Waals surface area contributed by atoms with E-state index in [1.54, 1.807) is 11.8 Å². The summed E-state index contributed by atoms with van der Waals surface area (Å²) in [6, 6.07) is 8.40. The molecule has 0 aliphatic heterocycles. The second-order valence-corrected chi connectivity index (χ2v) is 8.05. The first kappa shape index (κ1) is 16.0. The number of amides is 1. The van der Waals surface area contributed by atoms with Crippen LogP contribution in [0.3, 0.4) is 0 Å². The maximum Gasteiger partial charge on any atom is 0.231 e. The van der Waals surface area contributed by atoms with E-state index in [4.69, 9.17) is 0 Å². The SMILES string of the molecule is Cc1cccc(CSc2nnc(NC(=O)C(C)(C)C)s2)c1. The molecule has 6 heteroatoms. The van der Waals surface area contributed by atoms with E-state index < -0.39 is 5.41 Å². The summed E-state index contributed by atoms with van der Waals surface area (Å²) in [5.41, 5.74) is 2.08. The van der Waals surface area contributed by atoms with Gasteiger partial charge in [-0.2, -0.15) is 0 Å². The van der Waals surface area contributed by atoms with Crippen LogP contribution in [0.2, 0.25) is 0 Å². The molecule has 1 aromatic heterocycles. The van der Waals surface area contributed by atoms with Gasteiger partial charge in [0.25, 0.3) is 0 Å². The molecule has 0 fully saturated rings. The third-order valence-corrected chi connectivity index (χ3v) is 4.80. The van der Waals surface area contributed by atoms with Crippen LogP contribution < -0.4 is 5.32 Å². The maximum absolute atomic E-state index is 11.9. The van der Waals surface area contributed by atoms with Gasteiger partial charge >= 0.3 is 0 Å². The van der Waals surface area contributed by atoms with Crippen molar-refractivity contribution in [2.24, 2.45) is 5.41 Å². The summed E-state index contributed by atoms with van der Waals surface area (Å²) < 4.78 is 0.862. The van der Waals surface area contributed by atoms with Crippen molar-refractivity contribution in [3.05, 3.63) is 35.4 Å². The number of aryl methyl sites for hydroxylation is 1. The number of nitrogens with zero attached hydrogens (tertiary/aromatic N) is 2. The molecule has 1 amide bonds. The summed E-state index contributed by atoms with van der Waals surface area (Å²) >= 11 is 3.04. The highest BCUT2D eigenvalue weighted by Crippen LogP contribution is 2.29. The van der Waals surface area contributed by atoms with Crippen molar-refractivity contribution in [1.29, 1.82) is 0 Å². The second-order valence-electron chi connectivity index (χ2n) is 5.85. The van der Waals surface area contributed by atoms with Gasteiger partial charge in [-0.15, -0.1) is 10.2 Å². The van der Waals surface area contributed by atoms with E-state index in [9.17, 15) is 4.79 Å². The molecule has 0 atom stereocenters. The Hall–Kier alpha value is -1.40. The number of nitrogens with one attached hydrogen (secondary N) is 1. The Morgan fingerprint density at radius 2 is 2.10 bits per heavy atom. The van der Waals surface area contributed by atoms with Gasteiger partial charge in [0.05, 0.1) is 0 Å². The third kappa shape index (κ3) is 4.82. The summed E-state index contributed by atoms with van der Waals surface area (Å²) in [4.78, 5) is 11.9. The molecule has 1 N–H and O–H groups in total. The Balaban J connectivity index is 1.93. The Morgan fingerprint density at radius 1 is 1.33 bits per heavy atom. The quantitative estimate of drug-likeness (QED) is 0.680. The molecule has 112 valence electrons. The van der Waals surface area contributed by atoms with Gasteiger partial charge in [-0.05, 0) is 12.5 Å². The molecule has 0 spiro atoms. The minimum absolute atomic E-state index is 0.0473. The highest BCUT2D eigenvalue weighted by atomic mass is 32.2. The van der Waals surface area contributed by atoms with Crippen molar-refractivity contribution in [3.63, 3.8) is 0 Å². The van der Waals surface area contributed by atoms with Crippen LogP contribution in [0.25, 0.3) is 0 Å². The first-order valence-electron chi connectivity index (χ1n) is 6.68. The number of benzene rings is 1. The lowest BCUT2D eigenvalue weighted by Crippen LogP contribution is -2.27. The standard InChI is InChI=1S/C15H19N3OS2/c1-10-6-5-7-11(8-10)9-20-14-18-17-13(21-14)16-12(19)15(2,3)4/h5-8H,9H2,1-4H3,(H,16,17,19). The van der Waals surface area contributed by atoms with Crippen LogP contribution in [0.5, 0.6) is 0 Å². The number of aromatic nitrogens is 2. The predicted molar refractivity (Wildman–Crippen MR) is 88.7 cm³/mol. The topological polar surface area (TPSA) is 54.9 Å². The average molecular weight is 321 g/mol. The molecule has 1 heterocycles. The first-order chi connectivity index (χ1) is 9.84. The lowest BCUT2D eigenvalue weighted by molar-refractivity contribution is -0.123. The fourth-order valence-electron chi connectivity index (χ4n) is 1.55.